The first kappa shape index (κ1) is 18.3. The zero-order valence-electron chi connectivity index (χ0n) is 12.0. The predicted molar refractivity (Wildman–Crippen MR) is 80.2 cm³/mol. The molecule has 0 bridgehead atoms. The Morgan fingerprint density at radius 3 is 2.38 bits per heavy atom. The van der Waals surface area contributed by atoms with Crippen LogP contribution in [0.3, 0.4) is 0 Å². The maximum absolute atomic E-state index is 13.4. The number of benzene rings is 2. The molecule has 0 saturated heterocycles. The van der Waals surface area contributed by atoms with Gasteiger partial charge in [-0.3, -0.25) is 4.72 Å². The molecule has 10 heteroatoms. The Morgan fingerprint density at radius 1 is 1.12 bits per heavy atom. The molecule has 0 fully saturated rings. The van der Waals surface area contributed by atoms with Crippen molar-refractivity contribution in [2.75, 3.05) is 11.8 Å². The Labute approximate surface area is 140 Å². The number of rotatable bonds is 4. The molecule has 130 valence electrons. The third-order valence-electron chi connectivity index (χ3n) is 2.89. The fourth-order valence-electron chi connectivity index (χ4n) is 1.88. The molecule has 0 heterocycles. The summed E-state index contributed by atoms with van der Waals surface area (Å²) in [6.07, 6.45) is -4.82. The molecule has 0 saturated carbocycles. The molecule has 0 aliphatic rings. The summed E-state index contributed by atoms with van der Waals surface area (Å²) in [5, 5.41) is 0.0754. The highest BCUT2D eigenvalue weighted by Gasteiger charge is 2.32. The van der Waals surface area contributed by atoms with Crippen LogP contribution in [0.4, 0.5) is 23.2 Å². The third-order valence-corrected chi connectivity index (χ3v) is 4.53. The summed E-state index contributed by atoms with van der Waals surface area (Å²) in [6.45, 7) is 0. The normalized spacial score (nSPS) is 12.1. The molecule has 0 unspecified atom stereocenters. The van der Waals surface area contributed by atoms with Gasteiger partial charge in [0.25, 0.3) is 10.0 Å². The van der Waals surface area contributed by atoms with Gasteiger partial charge in [-0.1, -0.05) is 11.6 Å². The van der Waals surface area contributed by atoms with E-state index in [1.807, 2.05) is 4.72 Å². The first-order chi connectivity index (χ1) is 11.0. The molecular weight excluding hydrogens is 374 g/mol. The molecule has 2 aromatic rings. The molecule has 4 nitrogen and oxygen atoms in total. The molecule has 0 aliphatic heterocycles. The molecule has 1 N–H and O–H groups in total. The zero-order valence-corrected chi connectivity index (χ0v) is 13.6. The average Bonchev–Trinajstić information content (AvgIpc) is 2.45. The summed E-state index contributed by atoms with van der Waals surface area (Å²) in [5.74, 6) is -1.31. The number of ether oxygens (including phenoxy) is 1. The van der Waals surface area contributed by atoms with Gasteiger partial charge >= 0.3 is 6.18 Å². The lowest BCUT2D eigenvalue weighted by molar-refractivity contribution is -0.137. The van der Waals surface area contributed by atoms with Gasteiger partial charge < -0.3 is 4.74 Å². The van der Waals surface area contributed by atoms with Gasteiger partial charge in [0.2, 0.25) is 0 Å². The molecule has 0 aliphatic carbocycles. The maximum atomic E-state index is 13.4. The van der Waals surface area contributed by atoms with Gasteiger partial charge in [0, 0.05) is 5.02 Å². The quantitative estimate of drug-likeness (QED) is 0.800. The van der Waals surface area contributed by atoms with E-state index in [-0.39, 0.29) is 16.8 Å². The standard InChI is InChI=1S/C14H10ClF4NO3S/c1-23-12-3-2-9(15)6-13(12)24(21,22)20-11-5-8(14(17,18)19)4-10(16)7-11/h2-7,20H,1H3. The first-order valence-corrected chi connectivity index (χ1v) is 8.13. The number of sulfonamides is 1. The average molecular weight is 384 g/mol. The van der Waals surface area contributed by atoms with Crippen molar-refractivity contribution in [2.24, 2.45) is 0 Å². The van der Waals surface area contributed by atoms with Crippen LogP contribution >= 0.6 is 11.6 Å². The van der Waals surface area contributed by atoms with Crippen LogP contribution in [0.1, 0.15) is 5.56 Å². The van der Waals surface area contributed by atoms with Crippen molar-refractivity contribution >= 4 is 27.3 Å². The van der Waals surface area contributed by atoms with E-state index in [4.69, 9.17) is 16.3 Å². The largest absolute Gasteiger partial charge is 0.495 e. The number of nitrogens with one attached hydrogen (secondary N) is 1. The number of alkyl halides is 3. The zero-order chi connectivity index (χ0) is 18.1. The van der Waals surface area contributed by atoms with Crippen LogP contribution in [0.5, 0.6) is 5.75 Å². The lowest BCUT2D eigenvalue weighted by Gasteiger charge is -2.14. The topological polar surface area (TPSA) is 55.4 Å². The van der Waals surface area contributed by atoms with E-state index in [0.717, 1.165) is 6.07 Å². The Hall–Kier alpha value is -2.00. The fraction of sp³-hybridized carbons (Fsp3) is 0.143. The molecule has 2 rings (SSSR count). The van der Waals surface area contributed by atoms with Gasteiger partial charge in [0.05, 0.1) is 18.4 Å². The van der Waals surface area contributed by atoms with Crippen molar-refractivity contribution in [1.82, 2.24) is 0 Å². The highest BCUT2D eigenvalue weighted by Crippen LogP contribution is 2.33. The van der Waals surface area contributed by atoms with Crippen molar-refractivity contribution in [3.8, 4) is 5.75 Å². The van der Waals surface area contributed by atoms with Gasteiger partial charge in [-0.2, -0.15) is 13.2 Å². The van der Waals surface area contributed by atoms with Crippen LogP contribution in [-0.4, -0.2) is 15.5 Å². The number of hydrogen-bond acceptors (Lipinski definition) is 3. The van der Waals surface area contributed by atoms with Crippen molar-refractivity contribution in [3.05, 3.63) is 52.8 Å². The highest BCUT2D eigenvalue weighted by molar-refractivity contribution is 7.92. The van der Waals surface area contributed by atoms with Crippen LogP contribution in [0.2, 0.25) is 5.02 Å². The number of hydrogen-bond donors (Lipinski definition) is 1. The second-order valence-corrected chi connectivity index (χ2v) is 6.71. The highest BCUT2D eigenvalue weighted by atomic mass is 35.5. The molecule has 0 aromatic heterocycles. The van der Waals surface area contributed by atoms with E-state index < -0.39 is 38.2 Å². The molecule has 0 atom stereocenters. The van der Waals surface area contributed by atoms with E-state index in [1.165, 1.54) is 19.2 Å². The van der Waals surface area contributed by atoms with Crippen molar-refractivity contribution in [3.63, 3.8) is 0 Å². The molecular formula is C14H10ClF4NO3S. The van der Waals surface area contributed by atoms with Crippen LogP contribution in [-0.2, 0) is 16.2 Å². The van der Waals surface area contributed by atoms with Crippen molar-refractivity contribution in [2.45, 2.75) is 11.1 Å². The third kappa shape index (κ3) is 4.09. The lowest BCUT2D eigenvalue weighted by atomic mass is 10.2. The van der Waals surface area contributed by atoms with Gasteiger partial charge in [0.15, 0.2) is 0 Å². The summed E-state index contributed by atoms with van der Waals surface area (Å²) < 4.78 is 82.9. The first-order valence-electron chi connectivity index (χ1n) is 6.27. The van der Waals surface area contributed by atoms with Crippen LogP contribution in [0.25, 0.3) is 0 Å². The van der Waals surface area contributed by atoms with Gasteiger partial charge in [0.1, 0.15) is 16.5 Å². The predicted octanol–water partition coefficient (Wildman–Crippen LogP) is 4.31. The lowest BCUT2D eigenvalue weighted by Crippen LogP contribution is -2.15. The summed E-state index contributed by atoms with van der Waals surface area (Å²) in [6, 6.07) is 5.10. The van der Waals surface area contributed by atoms with Crippen LogP contribution in [0.15, 0.2) is 41.3 Å². The van der Waals surface area contributed by atoms with Gasteiger partial charge in [-0.25, -0.2) is 12.8 Å². The smallest absolute Gasteiger partial charge is 0.416 e. The monoisotopic (exact) mass is 383 g/mol. The minimum absolute atomic E-state index is 0.0700. The van der Waals surface area contributed by atoms with E-state index in [9.17, 15) is 26.0 Å². The van der Waals surface area contributed by atoms with E-state index in [1.54, 1.807) is 0 Å². The van der Waals surface area contributed by atoms with E-state index in [2.05, 4.69) is 0 Å². The van der Waals surface area contributed by atoms with Crippen molar-refractivity contribution in [1.29, 1.82) is 0 Å². The summed E-state index contributed by atoms with van der Waals surface area (Å²) in [7, 11) is -3.14. The molecule has 0 radical (unpaired) electrons. The Balaban J connectivity index is 2.47. The van der Waals surface area contributed by atoms with E-state index in [0.29, 0.717) is 12.1 Å². The Morgan fingerprint density at radius 2 is 1.79 bits per heavy atom. The number of methoxy groups -OCH3 is 1. The van der Waals surface area contributed by atoms with Crippen LogP contribution in [0, 0.1) is 5.82 Å². The second-order valence-electron chi connectivity index (χ2n) is 4.63. The Bertz CT molecular complexity index is 869. The summed E-state index contributed by atoms with van der Waals surface area (Å²) in [4.78, 5) is -0.393. The van der Waals surface area contributed by atoms with E-state index >= 15 is 0 Å². The molecule has 2 aromatic carbocycles. The molecule has 0 amide bonds. The second kappa shape index (κ2) is 6.48. The number of anilines is 1. The minimum atomic E-state index is -4.82. The van der Waals surface area contributed by atoms with Gasteiger partial charge in [-0.15, -0.1) is 0 Å². The SMILES string of the molecule is COc1ccc(Cl)cc1S(=O)(=O)Nc1cc(F)cc(C(F)(F)F)c1. The summed E-state index contributed by atoms with van der Waals surface area (Å²) >= 11 is 5.74. The Kier molecular flexibility index (Phi) is 4.95. The number of halogens is 5. The molecule has 0 spiro atoms. The van der Waals surface area contributed by atoms with Gasteiger partial charge in [-0.05, 0) is 36.4 Å². The fourth-order valence-corrected chi connectivity index (χ4v) is 3.36. The summed E-state index contributed by atoms with van der Waals surface area (Å²) in [5.41, 5.74) is -1.90. The van der Waals surface area contributed by atoms with Crippen LogP contribution < -0.4 is 9.46 Å². The van der Waals surface area contributed by atoms with Crippen molar-refractivity contribution < 1.29 is 30.7 Å². The molecule has 24 heavy (non-hydrogen) atoms. The maximum Gasteiger partial charge on any atom is 0.416 e. The minimum Gasteiger partial charge on any atom is -0.495 e.